The van der Waals surface area contributed by atoms with Gasteiger partial charge in [0.15, 0.2) is 0 Å². The zero-order chi connectivity index (χ0) is 16.5. The average Bonchev–Trinajstić information content (AvgIpc) is 3.32. The summed E-state index contributed by atoms with van der Waals surface area (Å²) in [5.41, 5.74) is 4.43. The second-order valence-electron chi connectivity index (χ2n) is 5.29. The van der Waals surface area contributed by atoms with Crippen molar-refractivity contribution in [3.63, 3.8) is 0 Å². The first-order valence-corrected chi connectivity index (χ1v) is 7.30. The number of aromatic nitrogens is 6. The number of H-pyrrole nitrogens is 1. The molecule has 1 N–H and O–H groups in total. The third-order valence-corrected chi connectivity index (χ3v) is 3.67. The van der Waals surface area contributed by atoms with E-state index in [0.29, 0.717) is 5.75 Å². The van der Waals surface area contributed by atoms with E-state index in [9.17, 15) is 0 Å². The van der Waals surface area contributed by atoms with E-state index in [2.05, 4.69) is 32.2 Å². The van der Waals surface area contributed by atoms with E-state index in [0.717, 1.165) is 27.8 Å². The van der Waals surface area contributed by atoms with E-state index in [1.54, 1.807) is 34.9 Å². The normalized spacial score (nSPS) is 10.6. The summed E-state index contributed by atoms with van der Waals surface area (Å²) in [6, 6.07) is 1.97. The lowest BCUT2D eigenvalue weighted by Crippen LogP contribution is -1.94. The van der Waals surface area contributed by atoms with Crippen molar-refractivity contribution in [2.24, 2.45) is 7.05 Å². The van der Waals surface area contributed by atoms with Crippen molar-refractivity contribution >= 4 is 5.52 Å². The number of aryl methyl sites for hydroxylation is 1. The van der Waals surface area contributed by atoms with Gasteiger partial charge in [-0.2, -0.15) is 15.3 Å². The van der Waals surface area contributed by atoms with Crippen LogP contribution < -0.4 is 4.74 Å². The molecule has 4 heterocycles. The van der Waals surface area contributed by atoms with Gasteiger partial charge in [0, 0.05) is 36.8 Å². The number of hydrogen-bond acceptors (Lipinski definition) is 4. The van der Waals surface area contributed by atoms with Gasteiger partial charge in [0.05, 0.1) is 36.8 Å². The average molecular weight is 318 g/mol. The lowest BCUT2D eigenvalue weighted by molar-refractivity contribution is 0.417. The van der Waals surface area contributed by atoms with E-state index in [1.165, 1.54) is 0 Å². The Morgan fingerprint density at radius 2 is 2.00 bits per heavy atom. The van der Waals surface area contributed by atoms with Gasteiger partial charge < -0.3 is 4.74 Å². The molecule has 0 aliphatic rings. The number of nitrogens with one attached hydrogen (secondary N) is 1. The Balaban J connectivity index is 1.84. The van der Waals surface area contributed by atoms with Gasteiger partial charge in [-0.1, -0.05) is 11.8 Å². The number of nitrogens with zero attached hydrogens (tertiary/aromatic N) is 5. The van der Waals surface area contributed by atoms with Gasteiger partial charge in [-0.25, -0.2) is 4.52 Å². The number of aromatic amines is 1. The quantitative estimate of drug-likeness (QED) is 0.573. The maximum atomic E-state index is 5.56. The topological polar surface area (TPSA) is 73.0 Å². The van der Waals surface area contributed by atoms with Crippen LogP contribution in [0.1, 0.15) is 11.1 Å². The Morgan fingerprint density at radius 3 is 2.71 bits per heavy atom. The molecule has 0 aromatic carbocycles. The van der Waals surface area contributed by atoms with Gasteiger partial charge in [-0.15, -0.1) is 0 Å². The molecule has 0 unspecified atom stereocenters. The molecule has 24 heavy (non-hydrogen) atoms. The van der Waals surface area contributed by atoms with Crippen molar-refractivity contribution in [1.29, 1.82) is 0 Å². The molecular weight excluding hydrogens is 304 g/mol. The third-order valence-electron chi connectivity index (χ3n) is 3.67. The highest BCUT2D eigenvalue weighted by atomic mass is 16.5. The molecule has 4 rings (SSSR count). The third kappa shape index (κ3) is 2.40. The molecule has 4 aromatic rings. The Morgan fingerprint density at radius 1 is 1.08 bits per heavy atom. The van der Waals surface area contributed by atoms with E-state index in [4.69, 9.17) is 4.74 Å². The lowest BCUT2D eigenvalue weighted by atomic mass is 10.1. The molecule has 0 spiro atoms. The fourth-order valence-corrected chi connectivity index (χ4v) is 2.52. The molecule has 7 nitrogen and oxygen atoms in total. The fourth-order valence-electron chi connectivity index (χ4n) is 2.52. The summed E-state index contributed by atoms with van der Waals surface area (Å²) in [6.45, 7) is 0. The monoisotopic (exact) mass is 318 g/mol. The molecule has 7 heteroatoms. The number of rotatable bonds is 2. The van der Waals surface area contributed by atoms with Crippen LogP contribution in [0.2, 0.25) is 0 Å². The molecule has 0 saturated carbocycles. The maximum Gasteiger partial charge on any atom is 0.146 e. The summed E-state index contributed by atoms with van der Waals surface area (Å²) in [4.78, 5) is 0. The summed E-state index contributed by atoms with van der Waals surface area (Å²) < 4.78 is 9.10. The Labute approximate surface area is 137 Å². The summed E-state index contributed by atoms with van der Waals surface area (Å²) in [5.74, 6) is 6.89. The van der Waals surface area contributed by atoms with E-state index in [1.807, 2.05) is 31.7 Å². The van der Waals surface area contributed by atoms with Crippen LogP contribution >= 0.6 is 0 Å². The minimum absolute atomic E-state index is 0.713. The van der Waals surface area contributed by atoms with Crippen molar-refractivity contribution in [2.75, 3.05) is 7.11 Å². The number of pyridine rings is 1. The highest BCUT2D eigenvalue weighted by Crippen LogP contribution is 2.29. The zero-order valence-corrected chi connectivity index (χ0v) is 13.2. The van der Waals surface area contributed by atoms with Crippen LogP contribution in [0.5, 0.6) is 5.75 Å². The van der Waals surface area contributed by atoms with Crippen molar-refractivity contribution in [3.05, 3.63) is 54.4 Å². The van der Waals surface area contributed by atoms with E-state index >= 15 is 0 Å². The smallest absolute Gasteiger partial charge is 0.146 e. The first kappa shape index (κ1) is 14.1. The maximum absolute atomic E-state index is 5.56. The SMILES string of the molecule is COc1cc(-c2cnn(C)c2)cn2ncc(C#Cc3cn[nH]c3)c12. The molecule has 0 aliphatic heterocycles. The van der Waals surface area contributed by atoms with Crippen molar-refractivity contribution in [3.8, 4) is 28.7 Å². The summed E-state index contributed by atoms with van der Waals surface area (Å²) in [5, 5.41) is 15.2. The fraction of sp³-hybridized carbons (Fsp3) is 0.118. The number of fused-ring (bicyclic) bond motifs is 1. The van der Waals surface area contributed by atoms with Crippen LogP contribution in [-0.2, 0) is 7.05 Å². The van der Waals surface area contributed by atoms with Gasteiger partial charge in [0.1, 0.15) is 11.3 Å². The van der Waals surface area contributed by atoms with E-state index < -0.39 is 0 Å². The first-order chi connectivity index (χ1) is 11.7. The summed E-state index contributed by atoms with van der Waals surface area (Å²) in [7, 11) is 3.53. The van der Waals surface area contributed by atoms with Crippen molar-refractivity contribution in [2.45, 2.75) is 0 Å². The first-order valence-electron chi connectivity index (χ1n) is 7.30. The van der Waals surface area contributed by atoms with Crippen LogP contribution in [0.4, 0.5) is 0 Å². The minimum atomic E-state index is 0.713. The van der Waals surface area contributed by atoms with Gasteiger partial charge in [-0.3, -0.25) is 9.78 Å². The second kappa shape index (κ2) is 5.59. The molecule has 0 aliphatic carbocycles. The predicted molar refractivity (Wildman–Crippen MR) is 88.5 cm³/mol. The predicted octanol–water partition coefficient (Wildman–Crippen LogP) is 1.87. The molecule has 0 saturated heterocycles. The second-order valence-corrected chi connectivity index (χ2v) is 5.29. The van der Waals surface area contributed by atoms with Gasteiger partial charge in [0.2, 0.25) is 0 Å². The van der Waals surface area contributed by atoms with Gasteiger partial charge in [0.25, 0.3) is 0 Å². The van der Waals surface area contributed by atoms with E-state index in [-0.39, 0.29) is 0 Å². The van der Waals surface area contributed by atoms with Gasteiger partial charge >= 0.3 is 0 Å². The molecule has 4 aromatic heterocycles. The highest BCUT2D eigenvalue weighted by Gasteiger charge is 2.12. The standard InChI is InChI=1S/C17H14N6O/c1-22-10-15(9-20-22)14-5-16(24-2)17-13(8-21-23(17)11-14)4-3-12-6-18-19-7-12/h5-11H,1-2H3,(H,18,19). The van der Waals surface area contributed by atoms with Crippen LogP contribution in [-0.4, -0.2) is 36.7 Å². The van der Waals surface area contributed by atoms with Crippen molar-refractivity contribution in [1.82, 2.24) is 29.6 Å². The van der Waals surface area contributed by atoms with Crippen LogP contribution in [0.3, 0.4) is 0 Å². The Kier molecular flexibility index (Phi) is 3.28. The Bertz CT molecular complexity index is 1060. The summed E-state index contributed by atoms with van der Waals surface area (Å²) >= 11 is 0. The molecule has 0 atom stereocenters. The van der Waals surface area contributed by atoms with Gasteiger partial charge in [-0.05, 0) is 6.07 Å². The molecule has 0 bridgehead atoms. The molecule has 0 radical (unpaired) electrons. The molecular formula is C17H14N6O. The molecule has 0 fully saturated rings. The lowest BCUT2D eigenvalue weighted by Gasteiger charge is -2.06. The van der Waals surface area contributed by atoms with Crippen LogP contribution in [0, 0.1) is 11.8 Å². The number of ether oxygens (including phenoxy) is 1. The molecule has 0 amide bonds. The number of methoxy groups -OCH3 is 1. The zero-order valence-electron chi connectivity index (χ0n) is 13.2. The highest BCUT2D eigenvalue weighted by molar-refractivity contribution is 5.75. The summed E-state index contributed by atoms with van der Waals surface area (Å²) in [6.07, 6.45) is 10.9. The Hall–Kier alpha value is -3.53. The minimum Gasteiger partial charge on any atom is -0.494 e. The number of hydrogen-bond donors (Lipinski definition) is 1. The molecule has 118 valence electrons. The largest absolute Gasteiger partial charge is 0.494 e. The van der Waals surface area contributed by atoms with Crippen molar-refractivity contribution < 1.29 is 4.74 Å². The van der Waals surface area contributed by atoms with Crippen LogP contribution in [0.25, 0.3) is 16.6 Å². The van der Waals surface area contributed by atoms with Crippen LogP contribution in [0.15, 0.2) is 43.2 Å².